The zero-order valence-electron chi connectivity index (χ0n) is 21.6. The molecule has 13 heteroatoms. The van der Waals surface area contributed by atoms with Crippen LogP contribution in [-0.4, -0.2) is 46.8 Å². The van der Waals surface area contributed by atoms with Crippen molar-refractivity contribution >= 4 is 40.4 Å². The molecule has 0 amide bonds. The number of alkyl halides is 3. The highest BCUT2D eigenvalue weighted by atomic mass is 32.2. The van der Waals surface area contributed by atoms with Crippen LogP contribution in [0.25, 0.3) is 22.0 Å². The Labute approximate surface area is 220 Å². The minimum atomic E-state index is -4.62. The van der Waals surface area contributed by atoms with Crippen LogP contribution in [-0.2, 0) is 27.8 Å². The van der Waals surface area contributed by atoms with Gasteiger partial charge >= 0.3 is 6.18 Å². The van der Waals surface area contributed by atoms with Crippen molar-refractivity contribution in [2.45, 2.75) is 45.0 Å². The Kier molecular flexibility index (Phi) is 7.67. The zero-order chi connectivity index (χ0) is 27.9. The Morgan fingerprint density at radius 1 is 1.13 bits per heavy atom. The molecule has 2 aromatic carbocycles. The predicted molar refractivity (Wildman–Crippen MR) is 146 cm³/mol. The van der Waals surface area contributed by atoms with Crippen LogP contribution < -0.4 is 20.7 Å². The maximum atomic E-state index is 13.6. The molecule has 2 N–H and O–H groups in total. The number of anilines is 2. The number of pyridine rings is 1. The van der Waals surface area contributed by atoms with Crippen LogP contribution in [0.2, 0.25) is 25.7 Å². The van der Waals surface area contributed by atoms with Crippen LogP contribution in [0.15, 0.2) is 47.3 Å². The first-order valence-electron chi connectivity index (χ1n) is 12.1. The molecule has 0 spiro atoms. The van der Waals surface area contributed by atoms with Gasteiger partial charge < -0.3 is 4.74 Å². The lowest BCUT2D eigenvalue weighted by Gasteiger charge is -2.23. The topological polar surface area (TPSA) is 92.7 Å². The number of halogens is 3. The quantitative estimate of drug-likeness (QED) is 0.286. The summed E-state index contributed by atoms with van der Waals surface area (Å²) in [5.74, 6) is 0. The molecule has 1 aliphatic rings. The van der Waals surface area contributed by atoms with Crippen molar-refractivity contribution < 1.29 is 26.3 Å². The first-order valence-corrected chi connectivity index (χ1v) is 17.6. The fraction of sp³-hybridized carbons (Fsp3) is 0.400. The number of benzene rings is 2. The highest BCUT2D eigenvalue weighted by molar-refractivity contribution is 7.92. The van der Waals surface area contributed by atoms with E-state index in [1.54, 1.807) is 41.4 Å². The molecule has 4 rings (SSSR count). The van der Waals surface area contributed by atoms with E-state index < -0.39 is 36.4 Å². The molecule has 0 saturated carbocycles. The molecular weight excluding hydrogens is 537 g/mol. The van der Waals surface area contributed by atoms with Gasteiger partial charge in [0.2, 0.25) is 10.0 Å². The summed E-state index contributed by atoms with van der Waals surface area (Å²) in [5, 5.41) is 2.12. The van der Waals surface area contributed by atoms with E-state index in [1.165, 1.54) is 6.07 Å². The van der Waals surface area contributed by atoms with Crippen LogP contribution in [0.4, 0.5) is 24.5 Å². The molecule has 0 atom stereocenters. The molecule has 0 radical (unpaired) electrons. The summed E-state index contributed by atoms with van der Waals surface area (Å²) >= 11 is 0. The Morgan fingerprint density at radius 2 is 1.84 bits per heavy atom. The van der Waals surface area contributed by atoms with Gasteiger partial charge in [-0.3, -0.25) is 19.1 Å². The summed E-state index contributed by atoms with van der Waals surface area (Å²) in [6.07, 6.45) is -3.61. The number of sulfonamides is 1. The van der Waals surface area contributed by atoms with Crippen molar-refractivity contribution in [3.05, 3.63) is 58.4 Å². The number of ether oxygens (including phenoxy) is 1. The number of fused-ring (bicyclic) bond motifs is 3. The molecule has 0 aliphatic carbocycles. The summed E-state index contributed by atoms with van der Waals surface area (Å²) in [4.78, 5) is 13.3. The van der Waals surface area contributed by atoms with Crippen LogP contribution >= 0.6 is 0 Å². The monoisotopic (exact) mass is 568 g/mol. The number of para-hydroxylation sites is 1. The highest BCUT2D eigenvalue weighted by Gasteiger charge is 2.33. The number of hydrazine groups is 1. The third-order valence-electron chi connectivity index (χ3n) is 6.14. The average Bonchev–Trinajstić information content (AvgIpc) is 3.21. The molecule has 3 aromatic rings. The van der Waals surface area contributed by atoms with E-state index >= 15 is 0 Å². The molecule has 0 unspecified atom stereocenters. The lowest BCUT2D eigenvalue weighted by Crippen LogP contribution is -2.35. The fourth-order valence-corrected chi connectivity index (χ4v) is 5.72. The SMILES string of the molecule is C[Si](C)(C)CCOCN1NCc2c1c1ccc(-c3ccccc3NS(C)(=O)=O)cc1n(CC(F)(F)F)c2=O. The summed E-state index contributed by atoms with van der Waals surface area (Å²) < 4.78 is 73.5. The largest absolute Gasteiger partial charge is 0.406 e. The van der Waals surface area contributed by atoms with Crippen molar-refractivity contribution in [2.75, 3.05) is 29.3 Å². The minimum absolute atomic E-state index is 0.0855. The Hall–Kier alpha value is -2.87. The average molecular weight is 569 g/mol. The fourth-order valence-electron chi connectivity index (χ4n) is 4.38. The van der Waals surface area contributed by atoms with Gasteiger partial charge in [-0.15, -0.1) is 0 Å². The van der Waals surface area contributed by atoms with Gasteiger partial charge in [0.1, 0.15) is 13.3 Å². The third kappa shape index (κ3) is 6.57. The molecule has 1 aliphatic heterocycles. The van der Waals surface area contributed by atoms with E-state index in [9.17, 15) is 26.4 Å². The van der Waals surface area contributed by atoms with Gasteiger partial charge in [-0.1, -0.05) is 50.0 Å². The van der Waals surface area contributed by atoms with E-state index in [-0.39, 0.29) is 30.0 Å². The molecule has 38 heavy (non-hydrogen) atoms. The van der Waals surface area contributed by atoms with Gasteiger partial charge in [0.25, 0.3) is 5.56 Å². The van der Waals surface area contributed by atoms with E-state index in [0.29, 0.717) is 28.8 Å². The second-order valence-electron chi connectivity index (χ2n) is 10.6. The van der Waals surface area contributed by atoms with Crippen molar-refractivity contribution in [3.8, 4) is 11.1 Å². The van der Waals surface area contributed by atoms with Gasteiger partial charge in [0.15, 0.2) is 0 Å². The van der Waals surface area contributed by atoms with Crippen LogP contribution in [0.5, 0.6) is 0 Å². The van der Waals surface area contributed by atoms with Crippen molar-refractivity contribution in [1.82, 2.24) is 9.99 Å². The van der Waals surface area contributed by atoms with Crippen LogP contribution in [0, 0.1) is 0 Å². The third-order valence-corrected chi connectivity index (χ3v) is 8.43. The first-order chi connectivity index (χ1) is 17.6. The van der Waals surface area contributed by atoms with E-state index in [0.717, 1.165) is 16.9 Å². The van der Waals surface area contributed by atoms with Gasteiger partial charge in [-0.2, -0.15) is 13.2 Å². The number of aromatic nitrogens is 1. The number of nitrogens with zero attached hydrogens (tertiary/aromatic N) is 2. The Morgan fingerprint density at radius 3 is 2.50 bits per heavy atom. The molecule has 0 saturated heterocycles. The lowest BCUT2D eigenvalue weighted by atomic mass is 10.00. The maximum absolute atomic E-state index is 13.6. The van der Waals surface area contributed by atoms with Crippen molar-refractivity contribution in [1.29, 1.82) is 0 Å². The van der Waals surface area contributed by atoms with Gasteiger partial charge in [-0.25, -0.2) is 13.8 Å². The summed E-state index contributed by atoms with van der Waals surface area (Å²) in [5.41, 5.74) is 4.37. The minimum Gasteiger partial charge on any atom is -0.360 e. The normalized spacial score (nSPS) is 14.2. The first kappa shape index (κ1) is 28.1. The van der Waals surface area contributed by atoms with Crippen LogP contribution in [0.1, 0.15) is 5.56 Å². The van der Waals surface area contributed by atoms with E-state index in [2.05, 4.69) is 29.8 Å². The maximum Gasteiger partial charge on any atom is 0.406 e. The zero-order valence-corrected chi connectivity index (χ0v) is 23.5. The number of hydrogen-bond acceptors (Lipinski definition) is 6. The molecule has 8 nitrogen and oxygen atoms in total. The summed E-state index contributed by atoms with van der Waals surface area (Å²) in [6, 6.07) is 12.4. The van der Waals surface area contributed by atoms with Gasteiger partial charge in [-0.05, 0) is 23.7 Å². The number of nitrogens with one attached hydrogen (secondary N) is 2. The number of hydrogen-bond donors (Lipinski definition) is 2. The standard InChI is InChI=1S/C25H31F3N4O4SSi/c1-37(34,35)30-21-8-6-5-7-18(21)17-9-10-19-22(13-17)31(15-25(26,27)28)24(33)20-14-29-32(23(19)20)16-36-11-12-38(2,3)4/h5-10,13,29-30H,11-12,14-16H2,1-4H3. The number of rotatable bonds is 9. The van der Waals surface area contributed by atoms with Gasteiger partial charge in [0.05, 0.1) is 28.7 Å². The summed E-state index contributed by atoms with van der Waals surface area (Å²) in [7, 11) is -4.92. The Bertz CT molecular complexity index is 1520. The van der Waals surface area contributed by atoms with E-state index in [4.69, 9.17) is 4.74 Å². The molecule has 0 bridgehead atoms. The van der Waals surface area contributed by atoms with Crippen LogP contribution in [0.3, 0.4) is 0 Å². The Balaban J connectivity index is 1.83. The molecule has 0 fully saturated rings. The van der Waals surface area contributed by atoms with Crippen molar-refractivity contribution in [3.63, 3.8) is 0 Å². The highest BCUT2D eigenvalue weighted by Crippen LogP contribution is 2.37. The molecular formula is C25H31F3N4O4SSi. The lowest BCUT2D eigenvalue weighted by molar-refractivity contribution is -0.140. The van der Waals surface area contributed by atoms with E-state index in [1.807, 2.05) is 0 Å². The predicted octanol–water partition coefficient (Wildman–Crippen LogP) is 4.74. The summed E-state index contributed by atoms with van der Waals surface area (Å²) in [6.45, 7) is 6.02. The second-order valence-corrected chi connectivity index (χ2v) is 18.0. The molecule has 206 valence electrons. The van der Waals surface area contributed by atoms with Gasteiger partial charge in [0, 0.05) is 32.2 Å². The molecule has 1 aromatic heterocycles. The second kappa shape index (κ2) is 10.4. The smallest absolute Gasteiger partial charge is 0.360 e. The van der Waals surface area contributed by atoms with Crippen molar-refractivity contribution in [2.24, 2.45) is 0 Å². The molecule has 2 heterocycles.